The van der Waals surface area contributed by atoms with Crippen LogP contribution in [0.5, 0.6) is 0 Å². The Hall–Kier alpha value is -2.67. The number of hydrogen-bond donors (Lipinski definition) is 3. The number of benzene rings is 1. The molecule has 0 saturated carbocycles. The molecular formula is C16H19N5O2. The number of amides is 2. The van der Waals surface area contributed by atoms with Gasteiger partial charge in [0, 0.05) is 18.7 Å². The van der Waals surface area contributed by atoms with Crippen molar-refractivity contribution in [1.29, 1.82) is 0 Å². The van der Waals surface area contributed by atoms with Crippen LogP contribution in [0, 0.1) is 0 Å². The topological polar surface area (TPSA) is 102 Å². The summed E-state index contributed by atoms with van der Waals surface area (Å²) in [6.45, 7) is 1.72. The Morgan fingerprint density at radius 2 is 2.09 bits per heavy atom. The minimum absolute atomic E-state index is 0.0788. The van der Waals surface area contributed by atoms with Crippen LogP contribution in [0.25, 0.3) is 5.69 Å². The first kappa shape index (κ1) is 15.2. The predicted molar refractivity (Wildman–Crippen MR) is 85.4 cm³/mol. The fourth-order valence-electron chi connectivity index (χ4n) is 2.67. The van der Waals surface area contributed by atoms with E-state index in [0.717, 1.165) is 25.9 Å². The molecule has 120 valence electrons. The molecule has 4 N–H and O–H groups in total. The monoisotopic (exact) mass is 313 g/mol. The number of hydrogen-bond acceptors (Lipinski definition) is 4. The van der Waals surface area contributed by atoms with Gasteiger partial charge in [-0.1, -0.05) is 18.2 Å². The number of para-hydroxylation sites is 1. The lowest BCUT2D eigenvalue weighted by atomic mass is 10.1. The van der Waals surface area contributed by atoms with Crippen LogP contribution in [0.4, 0.5) is 0 Å². The summed E-state index contributed by atoms with van der Waals surface area (Å²) >= 11 is 0. The number of nitrogens with one attached hydrogen (secondary N) is 2. The standard InChI is InChI=1S/C16H19N5O2/c17-15(22)14-9-13(16(23)19-11-5-4-8-18-10-11)20-21(14)12-6-2-1-3-7-12/h1-3,6-7,9,11,18H,4-5,8,10H2,(H2,17,22)(H,19,23). The van der Waals surface area contributed by atoms with E-state index in [1.54, 1.807) is 12.1 Å². The smallest absolute Gasteiger partial charge is 0.272 e. The second kappa shape index (κ2) is 6.62. The number of primary amides is 1. The summed E-state index contributed by atoms with van der Waals surface area (Å²) < 4.78 is 1.40. The molecule has 1 unspecified atom stereocenters. The van der Waals surface area contributed by atoms with Crippen LogP contribution in [-0.4, -0.2) is 40.7 Å². The third-order valence-corrected chi connectivity index (χ3v) is 3.83. The third kappa shape index (κ3) is 3.40. The number of aromatic nitrogens is 2. The first-order valence-corrected chi connectivity index (χ1v) is 7.62. The normalized spacial score (nSPS) is 17.7. The molecule has 3 rings (SSSR count). The zero-order valence-corrected chi connectivity index (χ0v) is 12.7. The van der Waals surface area contributed by atoms with Crippen molar-refractivity contribution < 1.29 is 9.59 Å². The quantitative estimate of drug-likeness (QED) is 0.763. The highest BCUT2D eigenvalue weighted by molar-refractivity contribution is 5.97. The molecule has 0 radical (unpaired) electrons. The SMILES string of the molecule is NC(=O)c1cc(C(=O)NC2CCCNC2)nn1-c1ccccc1. The summed E-state index contributed by atoms with van der Waals surface area (Å²) in [5.41, 5.74) is 6.46. The molecule has 1 saturated heterocycles. The molecule has 0 spiro atoms. The fourth-order valence-corrected chi connectivity index (χ4v) is 2.67. The molecule has 7 nitrogen and oxygen atoms in total. The number of rotatable bonds is 4. The van der Waals surface area contributed by atoms with E-state index in [4.69, 9.17) is 5.73 Å². The Morgan fingerprint density at radius 3 is 2.74 bits per heavy atom. The van der Waals surface area contributed by atoms with Crippen molar-refractivity contribution in [2.75, 3.05) is 13.1 Å². The van der Waals surface area contributed by atoms with Crippen LogP contribution in [0.2, 0.25) is 0 Å². The van der Waals surface area contributed by atoms with E-state index in [9.17, 15) is 9.59 Å². The molecule has 1 aliphatic rings. The van der Waals surface area contributed by atoms with Gasteiger partial charge < -0.3 is 16.4 Å². The summed E-state index contributed by atoms with van der Waals surface area (Å²) in [6, 6.07) is 10.6. The Kier molecular flexibility index (Phi) is 4.38. The Balaban J connectivity index is 1.85. The Morgan fingerprint density at radius 1 is 1.30 bits per heavy atom. The lowest BCUT2D eigenvalue weighted by Gasteiger charge is -2.23. The molecule has 1 aromatic heterocycles. The van der Waals surface area contributed by atoms with Gasteiger partial charge in [-0.25, -0.2) is 4.68 Å². The van der Waals surface area contributed by atoms with Crippen molar-refractivity contribution in [1.82, 2.24) is 20.4 Å². The second-order valence-electron chi connectivity index (χ2n) is 5.54. The van der Waals surface area contributed by atoms with Crippen LogP contribution < -0.4 is 16.4 Å². The largest absolute Gasteiger partial charge is 0.364 e. The van der Waals surface area contributed by atoms with Gasteiger partial charge in [-0.15, -0.1) is 0 Å². The lowest BCUT2D eigenvalue weighted by molar-refractivity contribution is 0.0924. The van der Waals surface area contributed by atoms with Gasteiger partial charge in [0.25, 0.3) is 11.8 Å². The lowest BCUT2D eigenvalue weighted by Crippen LogP contribution is -2.45. The van der Waals surface area contributed by atoms with E-state index in [0.29, 0.717) is 5.69 Å². The van der Waals surface area contributed by atoms with Crippen LogP contribution in [0.3, 0.4) is 0 Å². The van der Waals surface area contributed by atoms with Gasteiger partial charge in [-0.05, 0) is 31.5 Å². The molecule has 1 aromatic carbocycles. The van der Waals surface area contributed by atoms with Crippen molar-refractivity contribution >= 4 is 11.8 Å². The van der Waals surface area contributed by atoms with Crippen molar-refractivity contribution in [3.8, 4) is 5.69 Å². The van der Waals surface area contributed by atoms with Crippen LogP contribution in [0.1, 0.15) is 33.8 Å². The maximum atomic E-state index is 12.4. The molecular weight excluding hydrogens is 294 g/mol. The van der Waals surface area contributed by atoms with Crippen LogP contribution in [0.15, 0.2) is 36.4 Å². The number of carbonyl (C=O) groups is 2. The van der Waals surface area contributed by atoms with Gasteiger partial charge in [0.05, 0.1) is 5.69 Å². The molecule has 0 bridgehead atoms. The van der Waals surface area contributed by atoms with Gasteiger partial charge >= 0.3 is 0 Å². The number of nitrogens with zero attached hydrogens (tertiary/aromatic N) is 2. The zero-order chi connectivity index (χ0) is 16.2. The van der Waals surface area contributed by atoms with Gasteiger partial charge in [0.1, 0.15) is 5.69 Å². The molecule has 2 amide bonds. The zero-order valence-electron chi connectivity index (χ0n) is 12.7. The second-order valence-corrected chi connectivity index (χ2v) is 5.54. The molecule has 1 fully saturated rings. The minimum Gasteiger partial charge on any atom is -0.364 e. The van der Waals surface area contributed by atoms with E-state index in [1.807, 2.05) is 18.2 Å². The van der Waals surface area contributed by atoms with Crippen molar-refractivity contribution in [2.45, 2.75) is 18.9 Å². The number of nitrogens with two attached hydrogens (primary N) is 1. The summed E-state index contributed by atoms with van der Waals surface area (Å²) in [6.07, 6.45) is 1.96. The Bertz CT molecular complexity index is 705. The molecule has 2 aromatic rings. The van der Waals surface area contributed by atoms with E-state index in [-0.39, 0.29) is 23.3 Å². The highest BCUT2D eigenvalue weighted by Gasteiger charge is 2.21. The fraction of sp³-hybridized carbons (Fsp3) is 0.312. The molecule has 1 aliphatic heterocycles. The Labute approximate surface area is 133 Å². The maximum absolute atomic E-state index is 12.4. The average molecular weight is 313 g/mol. The molecule has 1 atom stereocenters. The molecule has 23 heavy (non-hydrogen) atoms. The summed E-state index contributed by atoms with van der Waals surface area (Å²) in [7, 11) is 0. The number of carbonyl (C=O) groups excluding carboxylic acids is 2. The van der Waals surface area contributed by atoms with Crippen molar-refractivity contribution in [2.24, 2.45) is 5.73 Å². The van der Waals surface area contributed by atoms with E-state index in [1.165, 1.54) is 10.7 Å². The van der Waals surface area contributed by atoms with E-state index in [2.05, 4.69) is 15.7 Å². The highest BCUT2D eigenvalue weighted by atomic mass is 16.2. The van der Waals surface area contributed by atoms with E-state index < -0.39 is 5.91 Å². The minimum atomic E-state index is -0.625. The van der Waals surface area contributed by atoms with Crippen LogP contribution >= 0.6 is 0 Å². The molecule has 0 aliphatic carbocycles. The predicted octanol–water partition coefficient (Wildman–Crippen LogP) is 0.453. The van der Waals surface area contributed by atoms with Crippen molar-refractivity contribution in [3.05, 3.63) is 47.8 Å². The first-order valence-electron chi connectivity index (χ1n) is 7.62. The van der Waals surface area contributed by atoms with Gasteiger partial charge in [-0.3, -0.25) is 9.59 Å². The number of piperidine rings is 1. The summed E-state index contributed by atoms with van der Waals surface area (Å²) in [4.78, 5) is 24.0. The average Bonchev–Trinajstić information content (AvgIpc) is 3.02. The first-order chi connectivity index (χ1) is 11.1. The summed E-state index contributed by atoms with van der Waals surface area (Å²) in [5, 5.41) is 10.4. The molecule has 2 heterocycles. The van der Waals surface area contributed by atoms with E-state index >= 15 is 0 Å². The third-order valence-electron chi connectivity index (χ3n) is 3.83. The van der Waals surface area contributed by atoms with Gasteiger partial charge in [0.15, 0.2) is 5.69 Å². The highest BCUT2D eigenvalue weighted by Crippen LogP contribution is 2.13. The molecule has 7 heteroatoms. The maximum Gasteiger partial charge on any atom is 0.272 e. The van der Waals surface area contributed by atoms with Crippen LogP contribution in [-0.2, 0) is 0 Å². The van der Waals surface area contributed by atoms with Gasteiger partial charge in [-0.2, -0.15) is 5.10 Å². The van der Waals surface area contributed by atoms with Crippen molar-refractivity contribution in [3.63, 3.8) is 0 Å². The summed E-state index contributed by atoms with van der Waals surface area (Å²) in [5.74, 6) is -0.921. The van der Waals surface area contributed by atoms with Gasteiger partial charge in [0.2, 0.25) is 0 Å².